The quantitative estimate of drug-likeness (QED) is 0.172. The average molecular weight is 709 g/mol. The van der Waals surface area contributed by atoms with Crippen LogP contribution in [0.1, 0.15) is 36.8 Å². The smallest absolute Gasteiger partial charge is 0.264 e. The predicted molar refractivity (Wildman–Crippen MR) is 181 cm³/mol. The summed E-state index contributed by atoms with van der Waals surface area (Å²) in [6.45, 7) is -0.508. The fraction of sp³-hybridized carbons (Fsp3) is 0.257. The SMILES string of the molecule is O=C(NC1CCCC1)C(Cc1ccccc1)N(Cc1ccccc1Cl)C(=O)CN(c1cccc(Br)c1)S(=O)(=O)c1ccccc1. The Balaban J connectivity index is 1.57. The molecular weight excluding hydrogens is 674 g/mol. The van der Waals surface area contributed by atoms with Gasteiger partial charge >= 0.3 is 0 Å². The third-order valence-corrected chi connectivity index (χ3v) is 10.6. The van der Waals surface area contributed by atoms with Crippen molar-refractivity contribution in [3.63, 3.8) is 0 Å². The van der Waals surface area contributed by atoms with E-state index in [1.54, 1.807) is 54.6 Å². The number of benzene rings is 4. The zero-order chi connectivity index (χ0) is 31.8. The van der Waals surface area contributed by atoms with Gasteiger partial charge in [-0.25, -0.2) is 8.42 Å². The molecule has 0 radical (unpaired) electrons. The van der Waals surface area contributed by atoms with Crippen molar-refractivity contribution in [2.45, 2.75) is 55.6 Å². The Bertz CT molecular complexity index is 1720. The van der Waals surface area contributed by atoms with E-state index in [9.17, 15) is 18.0 Å². The Hall–Kier alpha value is -3.66. The van der Waals surface area contributed by atoms with Crippen LogP contribution < -0.4 is 9.62 Å². The summed E-state index contributed by atoms with van der Waals surface area (Å²) >= 11 is 10.0. The molecule has 4 aromatic rings. The van der Waals surface area contributed by atoms with Gasteiger partial charge in [-0.05, 0) is 60.4 Å². The van der Waals surface area contributed by atoms with Gasteiger partial charge in [-0.3, -0.25) is 13.9 Å². The Kier molecular flexibility index (Phi) is 11.0. The molecular formula is C35H35BrClN3O4S. The summed E-state index contributed by atoms with van der Waals surface area (Å²) in [5.41, 5.74) is 1.84. The maximum absolute atomic E-state index is 14.6. The highest BCUT2D eigenvalue weighted by atomic mass is 79.9. The fourth-order valence-electron chi connectivity index (χ4n) is 5.61. The van der Waals surface area contributed by atoms with Crippen LogP contribution in [0.25, 0.3) is 0 Å². The molecule has 45 heavy (non-hydrogen) atoms. The molecule has 0 spiro atoms. The Labute approximate surface area is 278 Å². The van der Waals surface area contributed by atoms with E-state index in [2.05, 4.69) is 21.2 Å². The second kappa shape index (κ2) is 15.1. The van der Waals surface area contributed by atoms with Gasteiger partial charge in [-0.1, -0.05) is 113 Å². The van der Waals surface area contributed by atoms with Crippen molar-refractivity contribution >= 4 is 55.1 Å². The number of nitrogens with zero attached hydrogens (tertiary/aromatic N) is 2. The molecule has 0 saturated heterocycles. The van der Waals surface area contributed by atoms with Crippen LogP contribution in [0.5, 0.6) is 0 Å². The van der Waals surface area contributed by atoms with E-state index in [1.165, 1.54) is 17.0 Å². The Morgan fingerprint density at radius 2 is 1.51 bits per heavy atom. The summed E-state index contributed by atoms with van der Waals surface area (Å²) in [7, 11) is -4.17. The minimum atomic E-state index is -4.17. The molecule has 4 aromatic carbocycles. The molecule has 1 atom stereocenters. The third-order valence-electron chi connectivity index (χ3n) is 7.98. The van der Waals surface area contributed by atoms with Crippen molar-refractivity contribution in [3.8, 4) is 0 Å². The largest absolute Gasteiger partial charge is 0.352 e. The monoisotopic (exact) mass is 707 g/mol. The van der Waals surface area contributed by atoms with Gasteiger partial charge in [0.05, 0.1) is 10.6 Å². The first-order valence-corrected chi connectivity index (χ1v) is 17.5. The number of nitrogens with one attached hydrogen (secondary N) is 1. The molecule has 7 nitrogen and oxygen atoms in total. The van der Waals surface area contributed by atoms with Gasteiger partial charge in [0.15, 0.2) is 0 Å². The summed E-state index contributed by atoms with van der Waals surface area (Å²) in [4.78, 5) is 30.2. The van der Waals surface area contributed by atoms with Crippen molar-refractivity contribution < 1.29 is 18.0 Å². The van der Waals surface area contributed by atoms with E-state index in [0.29, 0.717) is 20.7 Å². The van der Waals surface area contributed by atoms with E-state index >= 15 is 0 Å². The van der Waals surface area contributed by atoms with Gasteiger partial charge < -0.3 is 10.2 Å². The van der Waals surface area contributed by atoms with Crippen LogP contribution in [-0.4, -0.2) is 43.8 Å². The number of anilines is 1. The third kappa shape index (κ3) is 8.34. The predicted octanol–water partition coefficient (Wildman–Crippen LogP) is 7.00. The molecule has 2 amide bonds. The maximum Gasteiger partial charge on any atom is 0.264 e. The molecule has 1 aliphatic rings. The number of carbonyl (C=O) groups is 2. The van der Waals surface area contributed by atoms with Crippen LogP contribution in [0.3, 0.4) is 0 Å². The lowest BCUT2D eigenvalue weighted by Gasteiger charge is -2.34. The first-order chi connectivity index (χ1) is 21.7. The van der Waals surface area contributed by atoms with Crippen molar-refractivity contribution in [1.82, 2.24) is 10.2 Å². The van der Waals surface area contributed by atoms with Gasteiger partial charge in [0.1, 0.15) is 12.6 Å². The number of hydrogen-bond acceptors (Lipinski definition) is 4. The molecule has 1 aliphatic carbocycles. The minimum absolute atomic E-state index is 0.0196. The summed E-state index contributed by atoms with van der Waals surface area (Å²) in [5.74, 6) is -0.803. The Morgan fingerprint density at radius 1 is 0.867 bits per heavy atom. The van der Waals surface area contributed by atoms with Crippen LogP contribution in [0.15, 0.2) is 119 Å². The number of carbonyl (C=O) groups excluding carboxylic acids is 2. The molecule has 1 saturated carbocycles. The van der Waals surface area contributed by atoms with E-state index in [-0.39, 0.29) is 29.8 Å². The van der Waals surface area contributed by atoms with Gasteiger partial charge in [-0.2, -0.15) is 0 Å². The lowest BCUT2D eigenvalue weighted by atomic mass is 10.0. The molecule has 234 valence electrons. The lowest BCUT2D eigenvalue weighted by Crippen LogP contribution is -2.54. The van der Waals surface area contributed by atoms with Gasteiger partial charge in [0.25, 0.3) is 10.0 Å². The number of halogens is 2. The zero-order valence-corrected chi connectivity index (χ0v) is 27.8. The summed E-state index contributed by atoms with van der Waals surface area (Å²) < 4.78 is 29.9. The standard InChI is InChI=1S/C35H35BrClN3O4S/c36-28-15-11-18-30(23-28)40(45(43,44)31-19-5-2-6-20-31)25-34(41)39(24-27-14-7-10-21-32(27)37)33(22-26-12-3-1-4-13-26)35(42)38-29-16-8-9-17-29/h1-7,10-15,18-21,23,29,33H,8-9,16-17,22,24-25H2,(H,38,42). The Morgan fingerprint density at radius 3 is 2.18 bits per heavy atom. The van der Waals surface area contributed by atoms with Crippen molar-refractivity contribution in [3.05, 3.63) is 130 Å². The highest BCUT2D eigenvalue weighted by Gasteiger charge is 2.35. The van der Waals surface area contributed by atoms with Crippen LogP contribution >= 0.6 is 27.5 Å². The van der Waals surface area contributed by atoms with Crippen molar-refractivity contribution in [1.29, 1.82) is 0 Å². The maximum atomic E-state index is 14.6. The molecule has 1 fully saturated rings. The van der Waals surface area contributed by atoms with Crippen LogP contribution in [0.4, 0.5) is 5.69 Å². The molecule has 5 rings (SSSR count). The second-order valence-corrected chi connectivity index (χ2v) is 14.3. The number of hydrogen-bond donors (Lipinski definition) is 1. The lowest BCUT2D eigenvalue weighted by molar-refractivity contribution is -0.140. The number of rotatable bonds is 12. The molecule has 0 bridgehead atoms. The first kappa shape index (κ1) is 32.7. The molecule has 0 aliphatic heterocycles. The van der Waals surface area contributed by atoms with E-state index in [1.807, 2.05) is 42.5 Å². The molecule has 10 heteroatoms. The molecule has 1 unspecified atom stereocenters. The summed E-state index contributed by atoms with van der Waals surface area (Å²) in [5, 5.41) is 3.63. The molecule has 0 aromatic heterocycles. The van der Waals surface area contributed by atoms with Crippen LogP contribution in [-0.2, 0) is 32.6 Å². The van der Waals surface area contributed by atoms with E-state index in [0.717, 1.165) is 35.6 Å². The molecule has 0 heterocycles. The van der Waals surface area contributed by atoms with Gasteiger partial charge in [0, 0.05) is 28.5 Å². The number of sulfonamides is 1. The fourth-order valence-corrected chi connectivity index (χ4v) is 7.62. The summed E-state index contributed by atoms with van der Waals surface area (Å²) in [6, 6.07) is 30.6. The first-order valence-electron chi connectivity index (χ1n) is 14.9. The van der Waals surface area contributed by atoms with Gasteiger partial charge in [0.2, 0.25) is 11.8 Å². The second-order valence-electron chi connectivity index (χ2n) is 11.1. The van der Waals surface area contributed by atoms with Crippen molar-refractivity contribution in [2.24, 2.45) is 0 Å². The van der Waals surface area contributed by atoms with Crippen LogP contribution in [0.2, 0.25) is 5.02 Å². The highest BCUT2D eigenvalue weighted by Crippen LogP contribution is 2.28. The van der Waals surface area contributed by atoms with Crippen molar-refractivity contribution in [2.75, 3.05) is 10.8 Å². The van der Waals surface area contributed by atoms with E-state index in [4.69, 9.17) is 11.6 Å². The number of amides is 2. The van der Waals surface area contributed by atoms with Gasteiger partial charge in [-0.15, -0.1) is 0 Å². The molecule has 1 N–H and O–H groups in total. The highest BCUT2D eigenvalue weighted by molar-refractivity contribution is 9.10. The van der Waals surface area contributed by atoms with E-state index < -0.39 is 28.5 Å². The average Bonchev–Trinajstić information content (AvgIpc) is 3.56. The summed E-state index contributed by atoms with van der Waals surface area (Å²) in [6.07, 6.45) is 4.09. The van der Waals surface area contributed by atoms with Crippen LogP contribution in [0, 0.1) is 0 Å². The zero-order valence-electron chi connectivity index (χ0n) is 24.7. The normalized spacial score (nSPS) is 14.1. The topological polar surface area (TPSA) is 86.8 Å². The minimum Gasteiger partial charge on any atom is -0.352 e.